The molecule has 0 atom stereocenters. The highest BCUT2D eigenvalue weighted by atomic mass is 16.6. The van der Waals surface area contributed by atoms with Crippen LogP contribution in [0, 0.1) is 10.1 Å². The standard InChI is InChI=1S/C18H18N4O6/c1-25-13-6-5-11(22(23)24)9-12(13)18-19-17(20-21-18)10-7-14(26-2)16(28-4)15(8-10)27-3/h5-9H,1-4H3,(H,19,20,21). The molecule has 0 spiro atoms. The first-order valence-corrected chi connectivity index (χ1v) is 8.08. The minimum absolute atomic E-state index is 0.0819. The normalized spacial score (nSPS) is 10.4. The van der Waals surface area contributed by atoms with Crippen LogP contribution < -0.4 is 18.9 Å². The van der Waals surface area contributed by atoms with Crippen LogP contribution in [0.3, 0.4) is 0 Å². The fourth-order valence-electron chi connectivity index (χ4n) is 2.72. The lowest BCUT2D eigenvalue weighted by molar-refractivity contribution is -0.384. The van der Waals surface area contributed by atoms with Gasteiger partial charge in [-0.3, -0.25) is 15.2 Å². The zero-order valence-electron chi connectivity index (χ0n) is 15.7. The van der Waals surface area contributed by atoms with Gasteiger partial charge in [-0.1, -0.05) is 0 Å². The highest BCUT2D eigenvalue weighted by molar-refractivity contribution is 5.71. The minimum Gasteiger partial charge on any atom is -0.496 e. The molecule has 1 heterocycles. The second-order valence-electron chi connectivity index (χ2n) is 5.56. The van der Waals surface area contributed by atoms with E-state index in [1.165, 1.54) is 46.6 Å². The van der Waals surface area contributed by atoms with Crippen molar-refractivity contribution in [1.29, 1.82) is 0 Å². The Kier molecular flexibility index (Phi) is 5.30. The number of nitro benzene ring substituents is 1. The van der Waals surface area contributed by atoms with E-state index < -0.39 is 4.92 Å². The molecule has 1 N–H and O–H groups in total. The molecule has 146 valence electrons. The Bertz CT molecular complexity index is 992. The predicted molar refractivity (Wildman–Crippen MR) is 100 cm³/mol. The molecule has 0 saturated carbocycles. The lowest BCUT2D eigenvalue weighted by Crippen LogP contribution is -1.96. The Hall–Kier alpha value is -3.82. The van der Waals surface area contributed by atoms with E-state index in [-0.39, 0.29) is 5.69 Å². The number of aromatic amines is 1. The zero-order chi connectivity index (χ0) is 20.3. The third-order valence-corrected chi connectivity index (χ3v) is 4.06. The van der Waals surface area contributed by atoms with Gasteiger partial charge >= 0.3 is 0 Å². The predicted octanol–water partition coefficient (Wildman–Crippen LogP) is 3.08. The first-order chi connectivity index (χ1) is 13.5. The third kappa shape index (κ3) is 3.39. The number of H-pyrrole nitrogens is 1. The van der Waals surface area contributed by atoms with Crippen molar-refractivity contribution in [3.63, 3.8) is 0 Å². The summed E-state index contributed by atoms with van der Waals surface area (Å²) >= 11 is 0. The van der Waals surface area contributed by atoms with Crippen LogP contribution in [0.2, 0.25) is 0 Å². The van der Waals surface area contributed by atoms with E-state index >= 15 is 0 Å². The monoisotopic (exact) mass is 386 g/mol. The van der Waals surface area contributed by atoms with Gasteiger partial charge < -0.3 is 18.9 Å². The van der Waals surface area contributed by atoms with Crippen molar-refractivity contribution in [3.8, 4) is 45.8 Å². The molecular formula is C18H18N4O6. The SMILES string of the molecule is COc1ccc([N+](=O)[O-])cc1-c1nc(-c2cc(OC)c(OC)c(OC)c2)n[nH]1. The summed E-state index contributed by atoms with van der Waals surface area (Å²) < 4.78 is 21.3. The number of ether oxygens (including phenoxy) is 4. The molecule has 0 radical (unpaired) electrons. The van der Waals surface area contributed by atoms with Crippen molar-refractivity contribution in [2.45, 2.75) is 0 Å². The van der Waals surface area contributed by atoms with Gasteiger partial charge in [-0.2, -0.15) is 5.10 Å². The molecule has 0 aliphatic rings. The van der Waals surface area contributed by atoms with Crippen LogP contribution >= 0.6 is 0 Å². The Balaban J connectivity index is 2.08. The molecule has 3 aromatic rings. The van der Waals surface area contributed by atoms with Crippen molar-refractivity contribution in [2.24, 2.45) is 0 Å². The quantitative estimate of drug-likeness (QED) is 0.486. The van der Waals surface area contributed by atoms with Gasteiger partial charge in [-0.05, 0) is 18.2 Å². The minimum atomic E-state index is -0.487. The Morgan fingerprint density at radius 2 is 1.57 bits per heavy atom. The Morgan fingerprint density at radius 3 is 2.11 bits per heavy atom. The molecule has 3 rings (SSSR count). The summed E-state index contributed by atoms with van der Waals surface area (Å²) in [6.45, 7) is 0. The van der Waals surface area contributed by atoms with Gasteiger partial charge in [-0.25, -0.2) is 4.98 Å². The van der Waals surface area contributed by atoms with E-state index in [4.69, 9.17) is 18.9 Å². The van der Waals surface area contributed by atoms with Gasteiger partial charge in [0.1, 0.15) is 5.75 Å². The number of methoxy groups -OCH3 is 4. The molecule has 0 amide bonds. The van der Waals surface area contributed by atoms with Crippen molar-refractivity contribution in [3.05, 3.63) is 40.4 Å². The molecule has 1 aromatic heterocycles. The Morgan fingerprint density at radius 1 is 0.929 bits per heavy atom. The molecule has 10 nitrogen and oxygen atoms in total. The van der Waals surface area contributed by atoms with Crippen LogP contribution in [0.4, 0.5) is 5.69 Å². The van der Waals surface area contributed by atoms with Crippen molar-refractivity contribution in [2.75, 3.05) is 28.4 Å². The molecular weight excluding hydrogens is 368 g/mol. The van der Waals surface area contributed by atoms with Gasteiger partial charge in [0.15, 0.2) is 23.1 Å². The summed E-state index contributed by atoms with van der Waals surface area (Å²) in [5.74, 6) is 2.46. The topological polar surface area (TPSA) is 122 Å². The number of hydrogen-bond donors (Lipinski definition) is 1. The van der Waals surface area contributed by atoms with Crippen LogP contribution in [0.25, 0.3) is 22.8 Å². The summed E-state index contributed by atoms with van der Waals surface area (Å²) in [6, 6.07) is 7.66. The smallest absolute Gasteiger partial charge is 0.270 e. The summed E-state index contributed by atoms with van der Waals surface area (Å²) in [5, 5.41) is 18.1. The van der Waals surface area contributed by atoms with Crippen molar-refractivity contribution < 1.29 is 23.9 Å². The van der Waals surface area contributed by atoms with Crippen LogP contribution in [0.15, 0.2) is 30.3 Å². The highest BCUT2D eigenvalue weighted by Crippen LogP contribution is 2.41. The summed E-state index contributed by atoms with van der Waals surface area (Å²) in [7, 11) is 6.01. The summed E-state index contributed by atoms with van der Waals surface area (Å²) in [6.07, 6.45) is 0. The molecule has 0 bridgehead atoms. The lowest BCUT2D eigenvalue weighted by Gasteiger charge is -2.12. The van der Waals surface area contributed by atoms with Crippen LogP contribution in [0.5, 0.6) is 23.0 Å². The molecule has 0 fully saturated rings. The van der Waals surface area contributed by atoms with E-state index in [2.05, 4.69) is 15.2 Å². The van der Waals surface area contributed by atoms with Crippen LogP contribution in [-0.2, 0) is 0 Å². The third-order valence-electron chi connectivity index (χ3n) is 4.06. The maximum Gasteiger partial charge on any atom is 0.270 e. The van der Waals surface area contributed by atoms with E-state index in [1.54, 1.807) is 12.1 Å². The van der Waals surface area contributed by atoms with E-state index in [9.17, 15) is 10.1 Å². The van der Waals surface area contributed by atoms with Crippen molar-refractivity contribution >= 4 is 5.69 Å². The maximum absolute atomic E-state index is 11.1. The van der Waals surface area contributed by atoms with Crippen molar-refractivity contribution in [1.82, 2.24) is 15.2 Å². The van der Waals surface area contributed by atoms with E-state index in [0.717, 1.165) is 0 Å². The van der Waals surface area contributed by atoms with E-state index in [1.807, 2.05) is 0 Å². The number of rotatable bonds is 7. The molecule has 10 heteroatoms. The Labute approximate surface area is 160 Å². The van der Waals surface area contributed by atoms with Gasteiger partial charge in [0.25, 0.3) is 5.69 Å². The van der Waals surface area contributed by atoms with Gasteiger partial charge in [0.05, 0.1) is 38.9 Å². The van der Waals surface area contributed by atoms with Gasteiger partial charge in [0.2, 0.25) is 5.75 Å². The largest absolute Gasteiger partial charge is 0.496 e. The number of nitro groups is 1. The van der Waals surface area contributed by atoms with Gasteiger partial charge in [-0.15, -0.1) is 0 Å². The number of nitrogens with one attached hydrogen (secondary N) is 1. The first-order valence-electron chi connectivity index (χ1n) is 8.08. The number of aromatic nitrogens is 3. The lowest BCUT2D eigenvalue weighted by atomic mass is 10.1. The first kappa shape index (κ1) is 19.0. The summed E-state index contributed by atoms with van der Waals surface area (Å²) in [4.78, 5) is 15.0. The highest BCUT2D eigenvalue weighted by Gasteiger charge is 2.19. The van der Waals surface area contributed by atoms with E-state index in [0.29, 0.717) is 45.8 Å². The molecule has 0 saturated heterocycles. The average Bonchev–Trinajstić information content (AvgIpc) is 3.22. The van der Waals surface area contributed by atoms with Gasteiger partial charge in [0, 0.05) is 17.7 Å². The molecule has 0 aliphatic heterocycles. The fraction of sp³-hybridized carbons (Fsp3) is 0.222. The molecule has 0 aliphatic carbocycles. The number of non-ortho nitro benzene ring substituents is 1. The van der Waals surface area contributed by atoms with Crippen LogP contribution in [-0.4, -0.2) is 48.5 Å². The second kappa shape index (κ2) is 7.82. The van der Waals surface area contributed by atoms with Crippen LogP contribution in [0.1, 0.15) is 0 Å². The zero-order valence-corrected chi connectivity index (χ0v) is 15.7. The number of hydrogen-bond acceptors (Lipinski definition) is 8. The number of benzene rings is 2. The molecule has 2 aromatic carbocycles. The molecule has 0 unspecified atom stereocenters. The second-order valence-corrected chi connectivity index (χ2v) is 5.56. The molecule has 28 heavy (non-hydrogen) atoms. The average molecular weight is 386 g/mol. The fourth-order valence-corrected chi connectivity index (χ4v) is 2.72. The maximum atomic E-state index is 11.1. The number of nitrogens with zero attached hydrogens (tertiary/aromatic N) is 3. The summed E-state index contributed by atoms with van der Waals surface area (Å²) in [5.41, 5.74) is 0.950.